The van der Waals surface area contributed by atoms with Gasteiger partial charge in [0.05, 0.1) is 18.1 Å². The summed E-state index contributed by atoms with van der Waals surface area (Å²) in [6.45, 7) is 7.22. The van der Waals surface area contributed by atoms with Crippen molar-refractivity contribution in [1.82, 2.24) is 4.31 Å². The van der Waals surface area contributed by atoms with Crippen LogP contribution in [0.2, 0.25) is 0 Å². The first kappa shape index (κ1) is 18.9. The second-order valence-corrected chi connectivity index (χ2v) is 7.91. The van der Waals surface area contributed by atoms with Gasteiger partial charge in [0, 0.05) is 24.7 Å². The predicted octanol–water partition coefficient (Wildman–Crippen LogP) is 2.39. The largest absolute Gasteiger partial charge is 0.379 e. The van der Waals surface area contributed by atoms with E-state index in [1.807, 2.05) is 13.8 Å². The first-order valence-corrected chi connectivity index (χ1v) is 9.83. The molecular formula is C17H26N2O4S. The second kappa shape index (κ2) is 8.09. The number of anilines is 1. The van der Waals surface area contributed by atoms with Gasteiger partial charge in [0.1, 0.15) is 0 Å². The van der Waals surface area contributed by atoms with Crippen molar-refractivity contribution in [3.8, 4) is 0 Å². The Bertz CT molecular complexity index is 678. The number of rotatable bonds is 6. The van der Waals surface area contributed by atoms with Crippen LogP contribution in [-0.2, 0) is 19.6 Å². The Kier molecular flexibility index (Phi) is 6.37. The highest BCUT2D eigenvalue weighted by atomic mass is 32.2. The Morgan fingerprint density at radius 2 is 1.88 bits per heavy atom. The average Bonchev–Trinajstić information content (AvgIpc) is 2.58. The molecule has 0 aromatic heterocycles. The normalized spacial score (nSPS) is 16.3. The Hall–Kier alpha value is -1.44. The highest BCUT2D eigenvalue weighted by molar-refractivity contribution is 7.89. The zero-order chi connectivity index (χ0) is 17.7. The van der Waals surface area contributed by atoms with Gasteiger partial charge in [-0.25, -0.2) is 8.42 Å². The standard InChI is InChI=1S/C17H26N2O4S/c1-4-14(5-2)17(20)18-15-7-6-13(3)16(12-15)24(21,22)19-8-10-23-11-9-19/h6-7,12,14H,4-5,8-11H2,1-3H3,(H,18,20). The van der Waals surface area contributed by atoms with E-state index in [2.05, 4.69) is 5.32 Å². The summed E-state index contributed by atoms with van der Waals surface area (Å²) in [5, 5.41) is 2.84. The minimum Gasteiger partial charge on any atom is -0.379 e. The van der Waals surface area contributed by atoms with Crippen molar-refractivity contribution < 1.29 is 17.9 Å². The molecule has 7 heteroatoms. The summed E-state index contributed by atoms with van der Waals surface area (Å²) in [6.07, 6.45) is 1.51. The number of sulfonamides is 1. The number of hydrogen-bond acceptors (Lipinski definition) is 4. The number of nitrogens with one attached hydrogen (secondary N) is 1. The average molecular weight is 354 g/mol. The molecule has 1 aliphatic heterocycles. The van der Waals surface area contributed by atoms with Crippen molar-refractivity contribution in [1.29, 1.82) is 0 Å². The van der Waals surface area contributed by atoms with Crippen LogP contribution in [0.5, 0.6) is 0 Å². The van der Waals surface area contributed by atoms with Crippen molar-refractivity contribution in [2.24, 2.45) is 5.92 Å². The van der Waals surface area contributed by atoms with Crippen LogP contribution in [0.15, 0.2) is 23.1 Å². The van der Waals surface area contributed by atoms with E-state index in [9.17, 15) is 13.2 Å². The lowest BCUT2D eigenvalue weighted by molar-refractivity contribution is -0.120. The predicted molar refractivity (Wildman–Crippen MR) is 93.5 cm³/mol. The molecule has 1 aromatic carbocycles. The molecular weight excluding hydrogens is 328 g/mol. The Labute approximate surface area is 144 Å². The molecule has 1 fully saturated rings. The number of benzene rings is 1. The molecule has 0 unspecified atom stereocenters. The molecule has 1 saturated heterocycles. The van der Waals surface area contributed by atoms with Crippen LogP contribution in [0.1, 0.15) is 32.3 Å². The van der Waals surface area contributed by atoms with E-state index in [1.165, 1.54) is 4.31 Å². The first-order valence-electron chi connectivity index (χ1n) is 8.39. The maximum absolute atomic E-state index is 12.8. The van der Waals surface area contributed by atoms with Gasteiger partial charge in [0.15, 0.2) is 0 Å². The van der Waals surface area contributed by atoms with Gasteiger partial charge in [-0.05, 0) is 37.5 Å². The van der Waals surface area contributed by atoms with Crippen molar-refractivity contribution >= 4 is 21.6 Å². The third-order valence-corrected chi connectivity index (χ3v) is 6.44. The van der Waals surface area contributed by atoms with Crippen molar-refractivity contribution in [2.45, 2.75) is 38.5 Å². The maximum Gasteiger partial charge on any atom is 0.243 e. The molecule has 0 radical (unpaired) electrons. The summed E-state index contributed by atoms with van der Waals surface area (Å²) >= 11 is 0. The molecule has 1 N–H and O–H groups in total. The zero-order valence-corrected chi connectivity index (χ0v) is 15.4. The van der Waals surface area contributed by atoms with E-state index in [0.717, 1.165) is 12.8 Å². The smallest absolute Gasteiger partial charge is 0.243 e. The number of hydrogen-bond donors (Lipinski definition) is 1. The summed E-state index contributed by atoms with van der Waals surface area (Å²) in [4.78, 5) is 12.5. The van der Waals surface area contributed by atoms with E-state index in [4.69, 9.17) is 4.74 Å². The molecule has 134 valence electrons. The Morgan fingerprint density at radius 1 is 1.25 bits per heavy atom. The highest BCUT2D eigenvalue weighted by Crippen LogP contribution is 2.25. The topological polar surface area (TPSA) is 75.7 Å². The second-order valence-electron chi connectivity index (χ2n) is 6.00. The number of nitrogens with zero attached hydrogens (tertiary/aromatic N) is 1. The van der Waals surface area contributed by atoms with Gasteiger partial charge in [0.25, 0.3) is 0 Å². The molecule has 6 nitrogen and oxygen atoms in total. The van der Waals surface area contributed by atoms with Crippen LogP contribution in [-0.4, -0.2) is 44.9 Å². The lowest BCUT2D eigenvalue weighted by Crippen LogP contribution is -2.40. The summed E-state index contributed by atoms with van der Waals surface area (Å²) in [5.41, 5.74) is 1.19. The van der Waals surface area contributed by atoms with Crippen LogP contribution in [0, 0.1) is 12.8 Å². The number of amides is 1. The molecule has 2 rings (SSSR count). The number of carbonyl (C=O) groups is 1. The molecule has 24 heavy (non-hydrogen) atoms. The zero-order valence-electron chi connectivity index (χ0n) is 14.5. The molecule has 1 aliphatic rings. The molecule has 0 spiro atoms. The molecule has 0 bridgehead atoms. The van der Waals surface area contributed by atoms with E-state index >= 15 is 0 Å². The fourth-order valence-electron chi connectivity index (χ4n) is 2.79. The first-order chi connectivity index (χ1) is 11.4. The lowest BCUT2D eigenvalue weighted by atomic mass is 10.0. The Balaban J connectivity index is 2.26. The minimum absolute atomic E-state index is 0.0643. The van der Waals surface area contributed by atoms with Gasteiger partial charge in [-0.3, -0.25) is 4.79 Å². The highest BCUT2D eigenvalue weighted by Gasteiger charge is 2.28. The fraction of sp³-hybridized carbons (Fsp3) is 0.588. The van der Waals surface area contributed by atoms with Crippen molar-refractivity contribution in [3.63, 3.8) is 0 Å². The van der Waals surface area contributed by atoms with Gasteiger partial charge in [-0.15, -0.1) is 0 Å². The van der Waals surface area contributed by atoms with Gasteiger partial charge >= 0.3 is 0 Å². The van der Waals surface area contributed by atoms with Crippen molar-refractivity contribution in [3.05, 3.63) is 23.8 Å². The van der Waals surface area contributed by atoms with Crippen LogP contribution in [0.25, 0.3) is 0 Å². The van der Waals surface area contributed by atoms with Crippen LogP contribution in [0.4, 0.5) is 5.69 Å². The van der Waals surface area contributed by atoms with E-state index in [-0.39, 0.29) is 16.7 Å². The van der Waals surface area contributed by atoms with Crippen LogP contribution < -0.4 is 5.32 Å². The van der Waals surface area contributed by atoms with E-state index in [1.54, 1.807) is 25.1 Å². The van der Waals surface area contributed by atoms with Gasteiger partial charge in [-0.2, -0.15) is 4.31 Å². The quantitative estimate of drug-likeness (QED) is 0.851. The number of carbonyl (C=O) groups excluding carboxylic acids is 1. The monoisotopic (exact) mass is 354 g/mol. The van der Waals surface area contributed by atoms with E-state index in [0.29, 0.717) is 37.6 Å². The SMILES string of the molecule is CCC(CC)C(=O)Nc1ccc(C)c(S(=O)(=O)N2CCOCC2)c1. The van der Waals surface area contributed by atoms with Crippen molar-refractivity contribution in [2.75, 3.05) is 31.6 Å². The van der Waals surface area contributed by atoms with Gasteiger partial charge in [0.2, 0.25) is 15.9 Å². The summed E-state index contributed by atoms with van der Waals surface area (Å²) in [6, 6.07) is 5.03. The maximum atomic E-state index is 12.8. The fourth-order valence-corrected chi connectivity index (χ4v) is 4.44. The van der Waals surface area contributed by atoms with Crippen LogP contribution in [0.3, 0.4) is 0 Å². The van der Waals surface area contributed by atoms with E-state index < -0.39 is 10.0 Å². The molecule has 1 aromatic rings. The number of aryl methyl sites for hydroxylation is 1. The third kappa shape index (κ3) is 4.15. The molecule has 1 amide bonds. The third-order valence-electron chi connectivity index (χ3n) is 4.40. The minimum atomic E-state index is -3.58. The lowest BCUT2D eigenvalue weighted by Gasteiger charge is -2.27. The Morgan fingerprint density at radius 3 is 2.46 bits per heavy atom. The number of ether oxygens (including phenoxy) is 1. The summed E-state index contributed by atoms with van der Waals surface area (Å²) in [7, 11) is -3.58. The summed E-state index contributed by atoms with van der Waals surface area (Å²) < 4.78 is 32.4. The number of morpholine rings is 1. The van der Waals surface area contributed by atoms with Gasteiger partial charge < -0.3 is 10.1 Å². The summed E-state index contributed by atoms with van der Waals surface area (Å²) in [5.74, 6) is -0.135. The molecule has 0 aliphatic carbocycles. The van der Waals surface area contributed by atoms with Gasteiger partial charge in [-0.1, -0.05) is 19.9 Å². The molecule has 1 heterocycles. The van der Waals surface area contributed by atoms with Crippen LogP contribution >= 0.6 is 0 Å². The molecule has 0 atom stereocenters. The molecule has 0 saturated carbocycles.